The minimum absolute atomic E-state index is 0.0107. The Morgan fingerprint density at radius 1 is 1.19 bits per heavy atom. The Balaban J connectivity index is 1.37. The van der Waals surface area contributed by atoms with Crippen molar-refractivity contribution < 1.29 is 22.7 Å². The Morgan fingerprint density at radius 3 is 2.81 bits per heavy atom. The Morgan fingerprint density at radius 2 is 2.00 bits per heavy atom. The summed E-state index contributed by atoms with van der Waals surface area (Å²) in [7, 11) is -2.03. The maximum atomic E-state index is 12.1. The van der Waals surface area contributed by atoms with Crippen molar-refractivity contribution in [1.82, 2.24) is 9.71 Å². The van der Waals surface area contributed by atoms with Gasteiger partial charge in [0.15, 0.2) is 0 Å². The number of fused-ring (bicyclic) bond motifs is 2. The zero-order valence-corrected chi connectivity index (χ0v) is 18.0. The van der Waals surface area contributed by atoms with Gasteiger partial charge in [0.1, 0.15) is 23.3 Å². The quantitative estimate of drug-likeness (QED) is 0.448. The molecule has 0 fully saturated rings. The molecule has 0 spiro atoms. The third-order valence-electron chi connectivity index (χ3n) is 4.69. The lowest BCUT2D eigenvalue weighted by molar-refractivity contribution is -0.144. The number of aliphatic imine (C=N–C) groups is 1. The first kappa shape index (κ1) is 21.1. The van der Waals surface area contributed by atoms with Crippen molar-refractivity contribution in [3.63, 3.8) is 0 Å². The molecule has 1 aliphatic heterocycles. The van der Waals surface area contributed by atoms with Crippen LogP contribution in [-0.2, 0) is 26.2 Å². The van der Waals surface area contributed by atoms with Crippen LogP contribution in [0.15, 0.2) is 58.4 Å². The molecule has 1 aliphatic rings. The van der Waals surface area contributed by atoms with Crippen LogP contribution in [0.2, 0.25) is 5.15 Å². The number of hydrogen-bond donors (Lipinski definition) is 1. The molecule has 160 valence electrons. The van der Waals surface area contributed by atoms with Crippen LogP contribution in [0.3, 0.4) is 0 Å². The fourth-order valence-electron chi connectivity index (χ4n) is 3.14. The molecule has 0 unspecified atom stereocenters. The van der Waals surface area contributed by atoms with Crippen LogP contribution >= 0.6 is 11.6 Å². The van der Waals surface area contributed by atoms with Crippen molar-refractivity contribution in [2.24, 2.45) is 4.99 Å². The van der Waals surface area contributed by atoms with Crippen LogP contribution in [0.1, 0.15) is 17.5 Å². The number of aromatic nitrogens is 1. The van der Waals surface area contributed by atoms with Gasteiger partial charge in [-0.2, -0.15) is 0 Å². The monoisotopic (exact) mass is 459 g/mol. The summed E-state index contributed by atoms with van der Waals surface area (Å²) in [6, 6.07) is 13.8. The summed E-state index contributed by atoms with van der Waals surface area (Å²) in [6.45, 7) is 0.0488. The Labute approximate surface area is 183 Å². The van der Waals surface area contributed by atoms with Crippen LogP contribution in [0.25, 0.3) is 10.9 Å². The molecule has 0 saturated carbocycles. The number of rotatable bonds is 6. The van der Waals surface area contributed by atoms with E-state index in [1.54, 1.807) is 31.4 Å². The van der Waals surface area contributed by atoms with Crippen molar-refractivity contribution >= 4 is 44.3 Å². The maximum Gasteiger partial charge on any atom is 0.308 e. The summed E-state index contributed by atoms with van der Waals surface area (Å²) in [5.74, 6) is 0.411. The lowest BCUT2D eigenvalue weighted by Gasteiger charge is -2.08. The summed E-state index contributed by atoms with van der Waals surface area (Å²) in [5, 5.41) is 1.08. The molecule has 3 aromatic rings. The van der Waals surface area contributed by atoms with Crippen molar-refractivity contribution in [2.75, 3.05) is 13.7 Å². The van der Waals surface area contributed by atoms with Gasteiger partial charge in [-0.1, -0.05) is 23.7 Å². The van der Waals surface area contributed by atoms with Gasteiger partial charge >= 0.3 is 5.97 Å². The highest BCUT2D eigenvalue weighted by Crippen LogP contribution is 2.25. The highest BCUT2D eigenvalue weighted by Gasteiger charge is 2.29. The van der Waals surface area contributed by atoms with Crippen LogP contribution < -0.4 is 9.46 Å². The molecule has 1 aromatic heterocycles. The molecule has 0 atom stereocenters. The zero-order chi connectivity index (χ0) is 22.0. The molecule has 0 bridgehead atoms. The fraction of sp³-hybridized carbons (Fsp3) is 0.190. The molecule has 0 aliphatic carbocycles. The Bertz CT molecular complexity index is 1310. The van der Waals surface area contributed by atoms with E-state index in [0.717, 1.165) is 5.39 Å². The number of sulfonamides is 1. The molecular weight excluding hydrogens is 442 g/mol. The average Bonchev–Trinajstić information content (AvgIpc) is 3.02. The van der Waals surface area contributed by atoms with E-state index in [-0.39, 0.29) is 35.5 Å². The van der Waals surface area contributed by atoms with Gasteiger partial charge in [-0.15, -0.1) is 0 Å². The summed E-state index contributed by atoms with van der Waals surface area (Å²) in [6.07, 6.45) is -0.0107. The lowest BCUT2D eigenvalue weighted by Crippen LogP contribution is -2.22. The third kappa shape index (κ3) is 4.47. The number of esters is 1. The summed E-state index contributed by atoms with van der Waals surface area (Å²) >= 11 is 6.22. The van der Waals surface area contributed by atoms with Gasteiger partial charge in [0.05, 0.1) is 30.5 Å². The Hall–Kier alpha value is -3.17. The topological polar surface area (TPSA) is 107 Å². The summed E-state index contributed by atoms with van der Waals surface area (Å²) in [4.78, 5) is 20.8. The first-order valence-corrected chi connectivity index (χ1v) is 11.2. The number of halogens is 1. The second-order valence-corrected chi connectivity index (χ2v) is 8.75. The number of nitrogens with one attached hydrogen (secondary N) is 1. The average molecular weight is 460 g/mol. The molecule has 0 amide bonds. The number of nitrogens with zero attached hydrogens (tertiary/aromatic N) is 2. The second kappa shape index (κ2) is 8.52. The molecule has 2 aromatic carbocycles. The third-order valence-corrected chi connectivity index (χ3v) is 6.41. The number of amidine groups is 1. The molecule has 10 heteroatoms. The van der Waals surface area contributed by atoms with Crippen LogP contribution in [0.4, 0.5) is 0 Å². The van der Waals surface area contributed by atoms with Crippen molar-refractivity contribution in [2.45, 2.75) is 17.9 Å². The SMILES string of the molecule is COc1ccc2cc(COC(=O)CCN=C3NS(=O)(=O)c4ccccc43)c(Cl)nc2c1. The van der Waals surface area contributed by atoms with Gasteiger partial charge in [-0.25, -0.2) is 13.4 Å². The molecule has 31 heavy (non-hydrogen) atoms. The van der Waals surface area contributed by atoms with Crippen LogP contribution in [0.5, 0.6) is 5.75 Å². The predicted molar refractivity (Wildman–Crippen MR) is 116 cm³/mol. The van der Waals surface area contributed by atoms with E-state index in [0.29, 0.717) is 22.4 Å². The number of benzene rings is 2. The van der Waals surface area contributed by atoms with Gasteiger partial charge in [-0.05, 0) is 30.3 Å². The van der Waals surface area contributed by atoms with E-state index in [1.807, 2.05) is 18.2 Å². The van der Waals surface area contributed by atoms with E-state index < -0.39 is 16.0 Å². The Kier molecular flexibility index (Phi) is 5.79. The normalized spacial score (nSPS) is 15.5. The molecule has 4 rings (SSSR count). The first-order valence-electron chi connectivity index (χ1n) is 9.33. The molecule has 2 heterocycles. The summed E-state index contributed by atoms with van der Waals surface area (Å²) in [5.41, 5.74) is 1.74. The van der Waals surface area contributed by atoms with Crippen LogP contribution in [-0.4, -0.2) is 38.9 Å². The highest BCUT2D eigenvalue weighted by molar-refractivity contribution is 7.90. The predicted octanol–water partition coefficient (Wildman–Crippen LogP) is 3.07. The van der Waals surface area contributed by atoms with Gasteiger partial charge in [-0.3, -0.25) is 14.5 Å². The maximum absolute atomic E-state index is 12.1. The summed E-state index contributed by atoms with van der Waals surface area (Å²) < 4.78 is 37.0. The number of carbonyl (C=O) groups is 1. The zero-order valence-electron chi connectivity index (χ0n) is 16.5. The van der Waals surface area contributed by atoms with E-state index in [1.165, 1.54) is 6.07 Å². The smallest absolute Gasteiger partial charge is 0.308 e. The van der Waals surface area contributed by atoms with E-state index in [4.69, 9.17) is 21.1 Å². The number of hydrogen-bond acceptors (Lipinski definition) is 7. The number of ether oxygens (including phenoxy) is 2. The highest BCUT2D eigenvalue weighted by atomic mass is 35.5. The molecule has 1 N–H and O–H groups in total. The minimum Gasteiger partial charge on any atom is -0.497 e. The first-order chi connectivity index (χ1) is 14.9. The molecule has 0 saturated heterocycles. The second-order valence-electron chi connectivity index (χ2n) is 6.74. The molecule has 0 radical (unpaired) electrons. The largest absolute Gasteiger partial charge is 0.497 e. The number of carbonyl (C=O) groups excluding carboxylic acids is 1. The van der Waals surface area contributed by atoms with Crippen molar-refractivity contribution in [3.05, 3.63) is 64.8 Å². The molecular formula is C21H18ClN3O5S. The van der Waals surface area contributed by atoms with E-state index in [2.05, 4.69) is 14.7 Å². The minimum atomic E-state index is -3.61. The van der Waals surface area contributed by atoms with Gasteiger partial charge in [0.2, 0.25) is 0 Å². The van der Waals surface area contributed by atoms with Gasteiger partial charge in [0, 0.05) is 22.6 Å². The number of pyridine rings is 1. The standard InChI is InChI=1S/C21H18ClN3O5S/c1-29-15-7-6-13-10-14(20(22)24-17(13)11-15)12-30-19(26)8-9-23-21-16-4-2-3-5-18(16)31(27,28)25-21/h2-7,10-11H,8-9,12H2,1H3,(H,23,25). The fourth-order valence-corrected chi connectivity index (χ4v) is 4.59. The lowest BCUT2D eigenvalue weighted by atomic mass is 10.1. The van der Waals surface area contributed by atoms with Gasteiger partial charge in [0.25, 0.3) is 10.0 Å². The van der Waals surface area contributed by atoms with Gasteiger partial charge < -0.3 is 9.47 Å². The van der Waals surface area contributed by atoms with Crippen molar-refractivity contribution in [3.8, 4) is 5.75 Å². The van der Waals surface area contributed by atoms with E-state index in [9.17, 15) is 13.2 Å². The number of methoxy groups -OCH3 is 1. The van der Waals surface area contributed by atoms with E-state index >= 15 is 0 Å². The molecule has 8 nitrogen and oxygen atoms in total. The van der Waals surface area contributed by atoms with Crippen molar-refractivity contribution in [1.29, 1.82) is 0 Å². The van der Waals surface area contributed by atoms with Crippen LogP contribution in [0, 0.1) is 0 Å².